The Morgan fingerprint density at radius 3 is 2.79 bits per heavy atom. The van der Waals surface area contributed by atoms with Gasteiger partial charge in [-0.05, 0) is 41.1 Å². The van der Waals surface area contributed by atoms with Gasteiger partial charge in [0.25, 0.3) is 0 Å². The van der Waals surface area contributed by atoms with Gasteiger partial charge < -0.3 is 4.74 Å². The van der Waals surface area contributed by atoms with Crippen LogP contribution in [0.15, 0.2) is 24.3 Å². The summed E-state index contributed by atoms with van der Waals surface area (Å²) in [5.74, 6) is -0.452. The lowest BCUT2D eigenvalue weighted by molar-refractivity contribution is 0.0456. The summed E-state index contributed by atoms with van der Waals surface area (Å²) in [6.07, 6.45) is 0.879. The van der Waals surface area contributed by atoms with E-state index in [1.54, 1.807) is 4.68 Å². The highest BCUT2D eigenvalue weighted by atomic mass is 19.1. The van der Waals surface area contributed by atoms with Crippen LogP contribution in [0.1, 0.15) is 29.5 Å². The molecule has 0 bridgehead atoms. The van der Waals surface area contributed by atoms with Crippen molar-refractivity contribution in [2.24, 2.45) is 0 Å². The number of aryl methyl sites for hydroxylation is 1. The number of benzene rings is 1. The molecule has 6 nitrogen and oxygen atoms in total. The van der Waals surface area contributed by atoms with E-state index in [2.05, 4.69) is 15.5 Å². The van der Waals surface area contributed by atoms with E-state index in [4.69, 9.17) is 4.74 Å². The van der Waals surface area contributed by atoms with Gasteiger partial charge in [0.15, 0.2) is 12.4 Å². The average Bonchev–Trinajstić information content (AvgIpc) is 2.85. The molecule has 7 heteroatoms. The highest BCUT2D eigenvalue weighted by Crippen LogP contribution is 2.06. The molecule has 0 unspecified atom stereocenters. The Morgan fingerprint density at radius 1 is 1.37 bits per heavy atom. The molecule has 0 aliphatic rings. The van der Waals surface area contributed by atoms with Crippen LogP contribution in [0.2, 0.25) is 0 Å². The first-order chi connectivity index (χ1) is 9.20. The standard InChI is InChI=1S/C12H13FN4O2/c1-2-7-17-11(14-15-16-17)8-19-12(18)9-3-5-10(13)6-4-9/h3-6H,2,7-8H2,1H3. The van der Waals surface area contributed by atoms with Crippen LogP contribution in [0, 0.1) is 5.82 Å². The molecule has 1 aromatic heterocycles. The number of carbonyl (C=O) groups excluding carboxylic acids is 1. The Kier molecular flexibility index (Phi) is 4.17. The van der Waals surface area contributed by atoms with E-state index in [0.717, 1.165) is 6.42 Å². The maximum atomic E-state index is 12.7. The fourth-order valence-electron chi connectivity index (χ4n) is 1.51. The van der Waals surface area contributed by atoms with E-state index in [1.165, 1.54) is 24.3 Å². The number of rotatable bonds is 5. The summed E-state index contributed by atoms with van der Waals surface area (Å²) < 4.78 is 19.4. The maximum Gasteiger partial charge on any atom is 0.338 e. The van der Waals surface area contributed by atoms with Crippen molar-refractivity contribution < 1.29 is 13.9 Å². The molecule has 0 N–H and O–H groups in total. The summed E-state index contributed by atoms with van der Waals surface area (Å²) in [4.78, 5) is 11.7. The Morgan fingerprint density at radius 2 is 2.11 bits per heavy atom. The Hall–Kier alpha value is -2.31. The lowest BCUT2D eigenvalue weighted by Crippen LogP contribution is -2.11. The summed E-state index contributed by atoms with van der Waals surface area (Å²) in [6, 6.07) is 5.15. The van der Waals surface area contributed by atoms with Crippen LogP contribution in [-0.2, 0) is 17.9 Å². The second-order valence-electron chi connectivity index (χ2n) is 3.90. The van der Waals surface area contributed by atoms with Crippen LogP contribution in [0.25, 0.3) is 0 Å². The van der Waals surface area contributed by atoms with Crippen molar-refractivity contribution in [2.45, 2.75) is 26.5 Å². The van der Waals surface area contributed by atoms with Gasteiger partial charge in [-0.15, -0.1) is 5.10 Å². The molecule has 0 atom stereocenters. The molecule has 0 saturated heterocycles. The molecule has 2 rings (SSSR count). The van der Waals surface area contributed by atoms with E-state index >= 15 is 0 Å². The van der Waals surface area contributed by atoms with Gasteiger partial charge in [-0.25, -0.2) is 13.9 Å². The van der Waals surface area contributed by atoms with Crippen LogP contribution in [-0.4, -0.2) is 26.2 Å². The summed E-state index contributed by atoms with van der Waals surface area (Å²) in [6.45, 7) is 2.65. The van der Waals surface area contributed by atoms with E-state index < -0.39 is 11.8 Å². The molecule has 0 amide bonds. The van der Waals surface area contributed by atoms with Gasteiger partial charge in [0.05, 0.1) is 5.56 Å². The topological polar surface area (TPSA) is 69.9 Å². The largest absolute Gasteiger partial charge is 0.454 e. The molecule has 1 aromatic carbocycles. The van der Waals surface area contributed by atoms with Crippen molar-refractivity contribution in [2.75, 3.05) is 0 Å². The number of esters is 1. The monoisotopic (exact) mass is 264 g/mol. The van der Waals surface area contributed by atoms with E-state index in [-0.39, 0.29) is 12.2 Å². The smallest absolute Gasteiger partial charge is 0.338 e. The lowest BCUT2D eigenvalue weighted by atomic mass is 10.2. The van der Waals surface area contributed by atoms with Crippen LogP contribution < -0.4 is 0 Å². The second kappa shape index (κ2) is 6.03. The number of hydrogen-bond acceptors (Lipinski definition) is 5. The molecule has 0 saturated carbocycles. The Labute approximate surface area is 109 Å². The van der Waals surface area contributed by atoms with Crippen molar-refractivity contribution in [1.82, 2.24) is 20.2 Å². The minimum atomic E-state index is -0.536. The molecule has 19 heavy (non-hydrogen) atoms. The first-order valence-electron chi connectivity index (χ1n) is 5.88. The SMILES string of the molecule is CCCn1nnnc1COC(=O)c1ccc(F)cc1. The van der Waals surface area contributed by atoms with Gasteiger partial charge in [0, 0.05) is 6.54 Å². The number of tetrazole rings is 1. The summed E-state index contributed by atoms with van der Waals surface area (Å²) in [5, 5.41) is 11.1. The van der Waals surface area contributed by atoms with E-state index in [1.807, 2.05) is 6.92 Å². The van der Waals surface area contributed by atoms with Gasteiger partial charge >= 0.3 is 5.97 Å². The molecule has 0 fully saturated rings. The molecule has 0 aliphatic carbocycles. The average molecular weight is 264 g/mol. The van der Waals surface area contributed by atoms with Gasteiger partial charge in [0.1, 0.15) is 5.82 Å². The van der Waals surface area contributed by atoms with Crippen LogP contribution in [0.4, 0.5) is 4.39 Å². The minimum absolute atomic E-state index is 0.0107. The van der Waals surface area contributed by atoms with Gasteiger partial charge in [-0.1, -0.05) is 6.92 Å². The van der Waals surface area contributed by atoms with Crippen molar-refractivity contribution in [3.63, 3.8) is 0 Å². The number of halogens is 1. The highest BCUT2D eigenvalue weighted by Gasteiger charge is 2.11. The predicted molar refractivity (Wildman–Crippen MR) is 63.6 cm³/mol. The highest BCUT2D eigenvalue weighted by molar-refractivity contribution is 5.89. The van der Waals surface area contributed by atoms with Crippen molar-refractivity contribution >= 4 is 5.97 Å². The molecule has 0 aliphatic heterocycles. The number of nitrogens with zero attached hydrogens (tertiary/aromatic N) is 4. The number of carbonyl (C=O) groups is 1. The van der Waals surface area contributed by atoms with E-state index in [9.17, 15) is 9.18 Å². The van der Waals surface area contributed by atoms with Gasteiger partial charge in [-0.3, -0.25) is 0 Å². The summed E-state index contributed by atoms with van der Waals surface area (Å²) in [7, 11) is 0. The fraction of sp³-hybridized carbons (Fsp3) is 0.333. The Balaban J connectivity index is 1.96. The molecule has 1 heterocycles. The minimum Gasteiger partial charge on any atom is -0.454 e. The van der Waals surface area contributed by atoms with E-state index in [0.29, 0.717) is 12.4 Å². The molecule has 0 spiro atoms. The van der Waals surface area contributed by atoms with Crippen molar-refractivity contribution in [1.29, 1.82) is 0 Å². The molecule has 100 valence electrons. The number of hydrogen-bond donors (Lipinski definition) is 0. The van der Waals surface area contributed by atoms with Gasteiger partial charge in [0.2, 0.25) is 0 Å². The molecule has 2 aromatic rings. The first-order valence-corrected chi connectivity index (χ1v) is 5.88. The summed E-state index contributed by atoms with van der Waals surface area (Å²) in [5.41, 5.74) is 0.288. The first kappa shape index (κ1) is 13.1. The van der Waals surface area contributed by atoms with Crippen molar-refractivity contribution in [3.8, 4) is 0 Å². The molecule has 0 radical (unpaired) electrons. The lowest BCUT2D eigenvalue weighted by Gasteiger charge is -2.05. The predicted octanol–water partition coefficient (Wildman–Crippen LogP) is 1.58. The fourth-order valence-corrected chi connectivity index (χ4v) is 1.51. The molecular weight excluding hydrogens is 251 g/mol. The third-order valence-electron chi connectivity index (χ3n) is 2.45. The maximum absolute atomic E-state index is 12.7. The zero-order valence-corrected chi connectivity index (χ0v) is 10.4. The van der Waals surface area contributed by atoms with Crippen molar-refractivity contribution in [3.05, 3.63) is 41.5 Å². The number of aromatic nitrogens is 4. The summed E-state index contributed by atoms with van der Waals surface area (Å²) >= 11 is 0. The molecular formula is C12H13FN4O2. The third kappa shape index (κ3) is 3.34. The third-order valence-corrected chi connectivity index (χ3v) is 2.45. The van der Waals surface area contributed by atoms with Crippen LogP contribution in [0.3, 0.4) is 0 Å². The second-order valence-corrected chi connectivity index (χ2v) is 3.90. The van der Waals surface area contributed by atoms with Crippen LogP contribution >= 0.6 is 0 Å². The van der Waals surface area contributed by atoms with Crippen LogP contribution in [0.5, 0.6) is 0 Å². The number of ether oxygens (including phenoxy) is 1. The zero-order valence-electron chi connectivity index (χ0n) is 10.4. The Bertz CT molecular complexity index is 553. The quantitative estimate of drug-likeness (QED) is 0.767. The zero-order chi connectivity index (χ0) is 13.7. The normalized spacial score (nSPS) is 10.4. The van der Waals surface area contributed by atoms with Gasteiger partial charge in [-0.2, -0.15) is 0 Å².